The molecule has 1 aromatic heterocycles. The fourth-order valence-electron chi connectivity index (χ4n) is 4.55. The zero-order valence-electron chi connectivity index (χ0n) is 21.1. The number of hydrogen-bond acceptors (Lipinski definition) is 5. The van der Waals surface area contributed by atoms with E-state index in [0.29, 0.717) is 12.1 Å². The number of imidazole rings is 1. The summed E-state index contributed by atoms with van der Waals surface area (Å²) in [5.74, 6) is 0.603. The van der Waals surface area contributed by atoms with Crippen LogP contribution in [0.1, 0.15) is 48.4 Å². The van der Waals surface area contributed by atoms with Crippen molar-refractivity contribution in [3.63, 3.8) is 0 Å². The first kappa shape index (κ1) is 30.8. The number of benzene rings is 2. The van der Waals surface area contributed by atoms with Crippen molar-refractivity contribution in [3.8, 4) is 22.4 Å². The molecular weight excluding hydrogens is 529 g/mol. The number of aromatic amines is 1. The first-order chi connectivity index (χ1) is 17.4. The predicted octanol–water partition coefficient (Wildman–Crippen LogP) is 4.69. The Morgan fingerprint density at radius 2 is 1.68 bits per heavy atom. The number of Topliss-reactive ketones (excluding diaryl/α,β-unsaturated/α-hetero) is 1. The largest absolute Gasteiger partial charge is 0.465 e. The molecule has 5 N–H and O–H groups in total. The molecule has 1 aliphatic heterocycles. The highest BCUT2D eigenvalue weighted by Crippen LogP contribution is 2.33. The van der Waals surface area contributed by atoms with Gasteiger partial charge in [-0.1, -0.05) is 55.5 Å². The van der Waals surface area contributed by atoms with Crippen LogP contribution in [0.15, 0.2) is 54.7 Å². The predicted molar refractivity (Wildman–Crippen MR) is 151 cm³/mol. The topological polar surface area (TPSA) is 141 Å². The first-order valence-electron chi connectivity index (χ1n) is 12.1. The summed E-state index contributed by atoms with van der Waals surface area (Å²) in [5, 5.41) is 11.1. The second-order valence-corrected chi connectivity index (χ2v) is 9.19. The summed E-state index contributed by atoms with van der Waals surface area (Å²) >= 11 is 0. The van der Waals surface area contributed by atoms with Crippen molar-refractivity contribution in [2.45, 2.75) is 32.2 Å². The third-order valence-electron chi connectivity index (χ3n) is 6.52. The number of likely N-dealkylation sites (tertiary alicyclic amines) is 1. The van der Waals surface area contributed by atoms with Gasteiger partial charge in [0.15, 0.2) is 5.78 Å². The van der Waals surface area contributed by atoms with Gasteiger partial charge in [-0.2, -0.15) is 0 Å². The number of H-pyrrole nitrogens is 1. The van der Waals surface area contributed by atoms with E-state index in [9.17, 15) is 14.4 Å². The van der Waals surface area contributed by atoms with Gasteiger partial charge in [0.1, 0.15) is 5.82 Å². The fourth-order valence-corrected chi connectivity index (χ4v) is 4.55. The highest BCUT2D eigenvalue weighted by molar-refractivity contribution is 5.97. The number of ketones is 1. The van der Waals surface area contributed by atoms with Crippen molar-refractivity contribution in [2.75, 3.05) is 19.6 Å². The molecule has 0 spiro atoms. The molecule has 0 aliphatic carbocycles. The summed E-state index contributed by atoms with van der Waals surface area (Å²) < 4.78 is 0. The number of carbonyl (C=O) groups is 3. The summed E-state index contributed by atoms with van der Waals surface area (Å²) in [6.45, 7) is 2.77. The molecular formula is C27H33Cl2N5O4. The summed E-state index contributed by atoms with van der Waals surface area (Å²) in [6, 6.07) is 15.3. The molecule has 1 saturated heterocycles. The average Bonchev–Trinajstić information content (AvgIpc) is 3.57. The van der Waals surface area contributed by atoms with Crippen LogP contribution in [0.25, 0.3) is 22.4 Å². The monoisotopic (exact) mass is 561 g/mol. The number of nitrogens with one attached hydrogen (secondary N) is 2. The second-order valence-electron chi connectivity index (χ2n) is 9.19. The van der Waals surface area contributed by atoms with Gasteiger partial charge in [0.05, 0.1) is 18.3 Å². The van der Waals surface area contributed by atoms with Crippen LogP contribution in [0.3, 0.4) is 0 Å². The molecule has 2 heterocycles. The van der Waals surface area contributed by atoms with Gasteiger partial charge >= 0.3 is 6.09 Å². The minimum atomic E-state index is -1.08. The Balaban J connectivity index is 0.00000253. The third-order valence-corrected chi connectivity index (χ3v) is 6.52. The maximum Gasteiger partial charge on any atom is 0.404 e. The average molecular weight is 562 g/mol. The first-order valence-corrected chi connectivity index (χ1v) is 12.1. The summed E-state index contributed by atoms with van der Waals surface area (Å²) in [5.41, 5.74) is 9.83. The van der Waals surface area contributed by atoms with Crippen molar-refractivity contribution in [1.29, 1.82) is 0 Å². The number of aromatic nitrogens is 2. The van der Waals surface area contributed by atoms with Crippen molar-refractivity contribution < 1.29 is 19.5 Å². The zero-order chi connectivity index (χ0) is 25.7. The molecule has 2 amide bonds. The summed E-state index contributed by atoms with van der Waals surface area (Å²) in [7, 11) is 0. The van der Waals surface area contributed by atoms with E-state index in [2.05, 4.69) is 10.3 Å². The molecule has 1 fully saturated rings. The van der Waals surface area contributed by atoms with E-state index in [1.54, 1.807) is 12.1 Å². The van der Waals surface area contributed by atoms with E-state index in [-0.39, 0.29) is 68.0 Å². The van der Waals surface area contributed by atoms with Gasteiger partial charge in [0, 0.05) is 36.8 Å². The van der Waals surface area contributed by atoms with E-state index in [4.69, 9.17) is 15.8 Å². The highest BCUT2D eigenvalue weighted by Gasteiger charge is 2.32. The van der Waals surface area contributed by atoms with Gasteiger partial charge in [0.25, 0.3) is 0 Å². The lowest BCUT2D eigenvalue weighted by atomic mass is 10.0. The van der Waals surface area contributed by atoms with E-state index < -0.39 is 6.09 Å². The van der Waals surface area contributed by atoms with Crippen molar-refractivity contribution in [3.05, 3.63) is 66.1 Å². The van der Waals surface area contributed by atoms with E-state index in [1.165, 1.54) is 0 Å². The number of rotatable bonds is 9. The third kappa shape index (κ3) is 7.34. The van der Waals surface area contributed by atoms with Gasteiger partial charge in [-0.3, -0.25) is 9.59 Å². The van der Waals surface area contributed by atoms with Crippen LogP contribution in [0.2, 0.25) is 0 Å². The molecule has 1 aliphatic rings. The van der Waals surface area contributed by atoms with Gasteiger partial charge in [-0.25, -0.2) is 9.78 Å². The minimum absolute atomic E-state index is 0. The van der Waals surface area contributed by atoms with Crippen LogP contribution < -0.4 is 11.1 Å². The fraction of sp³-hybridized carbons (Fsp3) is 0.333. The van der Waals surface area contributed by atoms with E-state index in [0.717, 1.165) is 41.1 Å². The minimum Gasteiger partial charge on any atom is -0.465 e. The number of amides is 2. The standard InChI is InChI=1S/C27H31N5O4.2ClH/c1-17(15-30-27(35)36)13-25(34)32-12-2-3-23(32)26-29-16-22(31-26)20-8-4-18(5-9-20)19-6-10-21(11-7-19)24(33)14-28;;/h4-11,16-17,23,30H,2-3,12-15,28H2,1H3,(H,29,31)(H,35,36);2*1H/t17?,23-;;/m0../s1. The van der Waals surface area contributed by atoms with E-state index >= 15 is 0 Å². The van der Waals surface area contributed by atoms with Crippen LogP contribution in [0.4, 0.5) is 4.79 Å². The molecule has 4 rings (SSSR count). The van der Waals surface area contributed by atoms with Crippen LogP contribution in [0.5, 0.6) is 0 Å². The Hall–Kier alpha value is -3.40. The Kier molecular flexibility index (Phi) is 11.3. The summed E-state index contributed by atoms with van der Waals surface area (Å²) in [4.78, 5) is 45.2. The molecule has 0 bridgehead atoms. The van der Waals surface area contributed by atoms with Crippen molar-refractivity contribution >= 4 is 42.6 Å². The Bertz CT molecular complexity index is 1230. The second kappa shape index (κ2) is 13.9. The lowest BCUT2D eigenvalue weighted by Crippen LogP contribution is -2.34. The molecule has 3 aromatic rings. The molecule has 0 radical (unpaired) electrons. The zero-order valence-corrected chi connectivity index (χ0v) is 22.7. The summed E-state index contributed by atoms with van der Waals surface area (Å²) in [6.07, 6.45) is 2.80. The maximum absolute atomic E-state index is 12.9. The van der Waals surface area contributed by atoms with Crippen LogP contribution >= 0.6 is 24.8 Å². The molecule has 11 heteroatoms. The molecule has 0 saturated carbocycles. The molecule has 9 nitrogen and oxygen atoms in total. The lowest BCUT2D eigenvalue weighted by molar-refractivity contribution is -0.133. The van der Waals surface area contributed by atoms with Crippen LogP contribution in [-0.4, -0.2) is 57.4 Å². The van der Waals surface area contributed by atoms with Crippen molar-refractivity contribution in [1.82, 2.24) is 20.2 Å². The van der Waals surface area contributed by atoms with Crippen molar-refractivity contribution in [2.24, 2.45) is 11.7 Å². The van der Waals surface area contributed by atoms with Crippen LogP contribution in [0, 0.1) is 5.92 Å². The maximum atomic E-state index is 12.9. The smallest absolute Gasteiger partial charge is 0.404 e. The number of hydrogen-bond donors (Lipinski definition) is 4. The van der Waals surface area contributed by atoms with Gasteiger partial charge in [0.2, 0.25) is 5.91 Å². The number of nitrogens with zero attached hydrogens (tertiary/aromatic N) is 2. The Morgan fingerprint density at radius 1 is 1.08 bits per heavy atom. The number of carboxylic acid groups (broad SMARTS) is 1. The lowest BCUT2D eigenvalue weighted by Gasteiger charge is -2.24. The van der Waals surface area contributed by atoms with Gasteiger partial charge < -0.3 is 26.0 Å². The molecule has 1 unspecified atom stereocenters. The SMILES string of the molecule is CC(CNC(=O)O)CC(=O)N1CCC[C@H]1c1nc(-c2ccc(-c3ccc(C(=O)CN)cc3)cc2)c[nH]1.Cl.Cl. The number of halogens is 2. The quantitative estimate of drug-likeness (QED) is 0.279. The Morgan fingerprint density at radius 3 is 2.29 bits per heavy atom. The van der Waals surface area contributed by atoms with E-state index in [1.807, 2.05) is 54.4 Å². The normalized spacial score (nSPS) is 15.2. The van der Waals surface area contributed by atoms with Crippen LogP contribution in [-0.2, 0) is 4.79 Å². The number of nitrogens with two attached hydrogens (primary N) is 1. The molecule has 2 aromatic carbocycles. The molecule has 204 valence electrons. The Labute approximate surface area is 234 Å². The molecule has 2 atom stereocenters. The number of carbonyl (C=O) groups excluding carboxylic acids is 2. The molecule has 38 heavy (non-hydrogen) atoms. The highest BCUT2D eigenvalue weighted by atomic mass is 35.5. The van der Waals surface area contributed by atoms with Gasteiger partial charge in [-0.15, -0.1) is 24.8 Å². The van der Waals surface area contributed by atoms with Gasteiger partial charge in [-0.05, 0) is 29.9 Å².